The van der Waals surface area contributed by atoms with E-state index in [4.69, 9.17) is 0 Å². The number of nitrogens with one attached hydrogen (secondary N) is 1. The van der Waals surface area contributed by atoms with Crippen molar-refractivity contribution in [1.29, 1.82) is 0 Å². The van der Waals surface area contributed by atoms with Crippen LogP contribution < -0.4 is 10.9 Å². The van der Waals surface area contributed by atoms with E-state index in [2.05, 4.69) is 15.2 Å². The largest absolute Gasteiger partial charge is 0.438 e. The number of nitrogens with zero attached hydrogens (tertiary/aromatic N) is 3. The molecule has 1 amide bonds. The molecular weight excluding hydrogens is 385 g/mol. The third-order valence-corrected chi connectivity index (χ3v) is 5.26. The van der Waals surface area contributed by atoms with Crippen molar-refractivity contribution < 1.29 is 18.0 Å². The fraction of sp³-hybridized carbons (Fsp3) is 0.550. The number of alkyl halides is 3. The van der Waals surface area contributed by atoms with Crippen LogP contribution in [-0.2, 0) is 11.0 Å². The quantitative estimate of drug-likeness (QED) is 0.823. The van der Waals surface area contributed by atoms with Gasteiger partial charge in [-0.3, -0.25) is 14.2 Å². The molecule has 158 valence electrons. The molecule has 29 heavy (non-hydrogen) atoms. The van der Waals surface area contributed by atoms with E-state index in [9.17, 15) is 22.8 Å². The third kappa shape index (κ3) is 4.95. The number of aromatic nitrogens is 2. The van der Waals surface area contributed by atoms with Gasteiger partial charge in [-0.1, -0.05) is 25.0 Å². The molecule has 0 aliphatic carbocycles. The normalized spacial score (nSPS) is 17.1. The summed E-state index contributed by atoms with van der Waals surface area (Å²) in [5, 5.41) is 2.76. The Morgan fingerprint density at radius 3 is 2.48 bits per heavy atom. The van der Waals surface area contributed by atoms with Crippen molar-refractivity contribution in [2.24, 2.45) is 0 Å². The van der Waals surface area contributed by atoms with E-state index in [-0.39, 0.29) is 11.0 Å². The molecule has 1 atom stereocenters. The number of fused-ring (bicyclic) bond motifs is 1. The summed E-state index contributed by atoms with van der Waals surface area (Å²) in [6, 6.07) is 4.92. The summed E-state index contributed by atoms with van der Waals surface area (Å²) in [6.07, 6.45) is -0.225. The minimum atomic E-state index is -4.90. The van der Waals surface area contributed by atoms with Gasteiger partial charge < -0.3 is 10.2 Å². The Kier molecular flexibility index (Phi) is 6.56. The van der Waals surface area contributed by atoms with E-state index in [1.807, 2.05) is 0 Å². The summed E-state index contributed by atoms with van der Waals surface area (Å²) in [5.41, 5.74) is -2.61. The molecule has 6 nitrogen and oxygen atoms in total. The number of hydrogen-bond donors (Lipinski definition) is 1. The maximum Gasteiger partial charge on any atom is 0.438 e. The van der Waals surface area contributed by atoms with E-state index >= 15 is 0 Å². The van der Waals surface area contributed by atoms with Gasteiger partial charge in [0.25, 0.3) is 5.56 Å². The first-order valence-corrected chi connectivity index (χ1v) is 9.87. The lowest BCUT2D eigenvalue weighted by Gasteiger charge is -2.22. The molecule has 1 saturated heterocycles. The molecule has 0 saturated carbocycles. The van der Waals surface area contributed by atoms with Crippen molar-refractivity contribution in [2.75, 3.05) is 26.2 Å². The van der Waals surface area contributed by atoms with E-state index in [0.29, 0.717) is 13.1 Å². The lowest BCUT2D eigenvalue weighted by Crippen LogP contribution is -2.41. The Labute approximate surface area is 166 Å². The van der Waals surface area contributed by atoms with Gasteiger partial charge >= 0.3 is 6.18 Å². The topological polar surface area (TPSA) is 67.2 Å². The Hall–Kier alpha value is -2.42. The molecule has 1 fully saturated rings. The zero-order valence-electron chi connectivity index (χ0n) is 16.3. The van der Waals surface area contributed by atoms with Gasteiger partial charge in [0.1, 0.15) is 6.04 Å². The number of likely N-dealkylation sites (tertiary alicyclic amines) is 1. The predicted octanol–water partition coefficient (Wildman–Crippen LogP) is 2.97. The zero-order valence-corrected chi connectivity index (χ0v) is 16.3. The number of carbonyl (C=O) groups is 1. The van der Waals surface area contributed by atoms with Crippen LogP contribution >= 0.6 is 0 Å². The minimum absolute atomic E-state index is 0.0173. The SMILES string of the molecule is C[C@@H](C(=O)NCCN1CCCCCC1)n1c(=O)c(C(F)(F)F)nc2ccccc21. The van der Waals surface area contributed by atoms with E-state index in [1.165, 1.54) is 38.0 Å². The summed E-state index contributed by atoms with van der Waals surface area (Å²) >= 11 is 0. The zero-order chi connectivity index (χ0) is 21.0. The Bertz CT molecular complexity index is 918. The second-order valence-corrected chi connectivity index (χ2v) is 7.34. The van der Waals surface area contributed by atoms with Crippen LogP contribution in [0.2, 0.25) is 0 Å². The van der Waals surface area contributed by atoms with Crippen LogP contribution in [-0.4, -0.2) is 46.5 Å². The molecule has 2 aromatic rings. The van der Waals surface area contributed by atoms with Crippen LogP contribution in [0.4, 0.5) is 13.2 Å². The van der Waals surface area contributed by atoms with E-state index in [0.717, 1.165) is 30.5 Å². The first kappa shape index (κ1) is 21.3. The van der Waals surface area contributed by atoms with Gasteiger partial charge in [0.05, 0.1) is 11.0 Å². The van der Waals surface area contributed by atoms with Crippen LogP contribution in [0.15, 0.2) is 29.1 Å². The molecule has 3 rings (SSSR count). The molecule has 1 aliphatic heterocycles. The first-order chi connectivity index (χ1) is 13.8. The molecule has 9 heteroatoms. The van der Waals surface area contributed by atoms with E-state index < -0.39 is 29.4 Å². The van der Waals surface area contributed by atoms with Gasteiger partial charge in [-0.25, -0.2) is 4.98 Å². The van der Waals surface area contributed by atoms with E-state index in [1.54, 1.807) is 6.07 Å². The highest BCUT2D eigenvalue weighted by Gasteiger charge is 2.38. The lowest BCUT2D eigenvalue weighted by molar-refractivity contribution is -0.142. The van der Waals surface area contributed by atoms with Gasteiger partial charge in [-0.05, 0) is 45.0 Å². The van der Waals surface area contributed by atoms with Gasteiger partial charge in [-0.2, -0.15) is 13.2 Å². The molecule has 0 spiro atoms. The molecule has 0 unspecified atom stereocenters. The number of para-hydroxylation sites is 2. The van der Waals surface area contributed by atoms with Gasteiger partial charge in [-0.15, -0.1) is 0 Å². The fourth-order valence-corrected chi connectivity index (χ4v) is 3.69. The van der Waals surface area contributed by atoms with Crippen LogP contribution in [0.1, 0.15) is 44.3 Å². The van der Waals surface area contributed by atoms with Crippen LogP contribution in [0.5, 0.6) is 0 Å². The molecular formula is C20H25F3N4O2. The average Bonchev–Trinajstić information content (AvgIpc) is 2.95. The molecule has 1 N–H and O–H groups in total. The number of hydrogen-bond acceptors (Lipinski definition) is 4. The Balaban J connectivity index is 1.80. The van der Waals surface area contributed by atoms with Gasteiger partial charge in [0.2, 0.25) is 11.6 Å². The van der Waals surface area contributed by atoms with Crippen LogP contribution in [0.25, 0.3) is 11.0 Å². The minimum Gasteiger partial charge on any atom is -0.353 e. The van der Waals surface area contributed by atoms with Crippen LogP contribution in [0.3, 0.4) is 0 Å². The summed E-state index contributed by atoms with van der Waals surface area (Å²) in [5.74, 6) is -0.494. The first-order valence-electron chi connectivity index (χ1n) is 9.87. The van der Waals surface area contributed by atoms with Gasteiger partial charge in [0.15, 0.2) is 0 Å². The molecule has 1 aliphatic rings. The molecule has 1 aromatic carbocycles. The monoisotopic (exact) mass is 410 g/mol. The second-order valence-electron chi connectivity index (χ2n) is 7.34. The standard InChI is InChI=1S/C20H25F3N4O2/c1-14(18(28)24-10-13-26-11-6-2-3-7-12-26)27-16-9-5-4-8-15(16)25-17(19(27)29)20(21,22)23/h4-5,8-9,14H,2-3,6-7,10-13H2,1H3,(H,24,28)/t14-/m0/s1. The van der Waals surface area contributed by atoms with Crippen molar-refractivity contribution in [3.8, 4) is 0 Å². The second kappa shape index (κ2) is 8.94. The molecule has 1 aromatic heterocycles. The summed E-state index contributed by atoms with van der Waals surface area (Å²) < 4.78 is 40.7. The number of rotatable bonds is 5. The van der Waals surface area contributed by atoms with Crippen molar-refractivity contribution in [3.63, 3.8) is 0 Å². The summed E-state index contributed by atoms with van der Waals surface area (Å²) in [7, 11) is 0. The maximum atomic E-state index is 13.3. The average molecular weight is 410 g/mol. The van der Waals surface area contributed by atoms with Crippen molar-refractivity contribution in [1.82, 2.24) is 19.8 Å². The highest BCUT2D eigenvalue weighted by atomic mass is 19.4. The summed E-state index contributed by atoms with van der Waals surface area (Å²) in [6.45, 7) is 4.45. The fourth-order valence-electron chi connectivity index (χ4n) is 3.69. The Morgan fingerprint density at radius 1 is 1.17 bits per heavy atom. The number of benzene rings is 1. The molecule has 2 heterocycles. The van der Waals surface area contributed by atoms with Crippen molar-refractivity contribution in [3.05, 3.63) is 40.3 Å². The predicted molar refractivity (Wildman–Crippen MR) is 104 cm³/mol. The maximum absolute atomic E-state index is 13.3. The highest BCUT2D eigenvalue weighted by Crippen LogP contribution is 2.27. The lowest BCUT2D eigenvalue weighted by atomic mass is 10.2. The number of carbonyl (C=O) groups excluding carboxylic acids is 1. The van der Waals surface area contributed by atoms with Gasteiger partial charge in [0, 0.05) is 13.1 Å². The molecule has 0 bridgehead atoms. The molecule has 0 radical (unpaired) electrons. The number of halogens is 3. The smallest absolute Gasteiger partial charge is 0.353 e. The van der Waals surface area contributed by atoms with Crippen molar-refractivity contribution in [2.45, 2.75) is 44.8 Å². The highest BCUT2D eigenvalue weighted by molar-refractivity contribution is 5.83. The van der Waals surface area contributed by atoms with Crippen molar-refractivity contribution >= 4 is 16.9 Å². The van der Waals surface area contributed by atoms with Crippen LogP contribution in [0, 0.1) is 0 Å². The summed E-state index contributed by atoms with van der Waals surface area (Å²) in [4.78, 5) is 30.9. The Morgan fingerprint density at radius 2 is 1.83 bits per heavy atom. The third-order valence-electron chi connectivity index (χ3n) is 5.26. The number of amides is 1.